The number of hydrogen-bond acceptors (Lipinski definition) is 6. The second-order valence-electron chi connectivity index (χ2n) is 6.69. The van der Waals surface area contributed by atoms with Gasteiger partial charge >= 0.3 is 11.8 Å². The van der Waals surface area contributed by atoms with Crippen LogP contribution in [0.4, 0.5) is 4.79 Å². The van der Waals surface area contributed by atoms with Gasteiger partial charge in [0.1, 0.15) is 6.10 Å². The molecule has 0 aliphatic carbocycles. The molecule has 1 amide bonds. The molecule has 0 saturated carbocycles. The van der Waals surface area contributed by atoms with E-state index < -0.39 is 30.2 Å². The number of hydrogen-bond donors (Lipinski definition) is 0. The Bertz CT molecular complexity index is 903. The molecule has 2 rings (SSSR count). The minimum absolute atomic E-state index is 0.108. The van der Waals surface area contributed by atoms with E-state index in [0.29, 0.717) is 15.8 Å². The molecule has 0 spiro atoms. The summed E-state index contributed by atoms with van der Waals surface area (Å²) in [6.07, 6.45) is -2.89. The summed E-state index contributed by atoms with van der Waals surface area (Å²) in [5.74, 6) is -0.487. The quantitative estimate of drug-likeness (QED) is 0.246. The molecular formula is C22H24N2O5. The number of amides is 1. The zero-order valence-corrected chi connectivity index (χ0v) is 16.9. The van der Waals surface area contributed by atoms with Gasteiger partial charge in [0, 0.05) is 21.5 Å². The third-order valence-electron chi connectivity index (χ3n) is 3.54. The average molecular weight is 396 g/mol. The van der Waals surface area contributed by atoms with Crippen LogP contribution in [0.25, 0.3) is 0 Å². The second kappa shape index (κ2) is 10.2. The van der Waals surface area contributed by atoms with Crippen LogP contribution < -0.4 is 5.11 Å². The Morgan fingerprint density at radius 3 is 1.79 bits per heavy atom. The Morgan fingerprint density at radius 2 is 1.31 bits per heavy atom. The van der Waals surface area contributed by atoms with Gasteiger partial charge < -0.3 is 14.6 Å². The van der Waals surface area contributed by atoms with E-state index in [0.717, 1.165) is 0 Å². The van der Waals surface area contributed by atoms with Crippen molar-refractivity contribution < 1.29 is 28.9 Å². The molecule has 0 N–H and O–H groups in total. The largest absolute Gasteiger partial charge is 0.629 e. The maximum Gasteiger partial charge on any atom is 0.629 e. The number of ketones is 1. The first-order valence-electron chi connectivity index (χ1n) is 9.24. The fourth-order valence-electron chi connectivity index (χ4n) is 2.41. The second-order valence-corrected chi connectivity index (χ2v) is 6.69. The normalized spacial score (nSPS) is 12.6. The summed E-state index contributed by atoms with van der Waals surface area (Å²) in [6, 6.07) is 16.9. The molecule has 0 aromatic heterocycles. The lowest BCUT2D eigenvalue weighted by molar-refractivity contribution is -0.461. The van der Waals surface area contributed by atoms with E-state index in [1.165, 1.54) is 0 Å². The minimum Gasteiger partial charge on any atom is -0.593 e. The summed E-state index contributed by atoms with van der Waals surface area (Å²) in [6.45, 7) is 6.62. The Balaban J connectivity index is 2.73. The van der Waals surface area contributed by atoms with E-state index >= 15 is 0 Å². The first-order chi connectivity index (χ1) is 13.8. The highest BCUT2D eigenvalue weighted by Crippen LogP contribution is 2.11. The Labute approximate surface area is 169 Å². The molecule has 0 bridgehead atoms. The van der Waals surface area contributed by atoms with Crippen molar-refractivity contribution in [2.24, 2.45) is 5.10 Å². The minimum atomic E-state index is -1.00. The van der Waals surface area contributed by atoms with Gasteiger partial charge in [0.2, 0.25) is 6.08 Å². The van der Waals surface area contributed by atoms with Crippen LogP contribution in [0.1, 0.15) is 43.6 Å². The van der Waals surface area contributed by atoms with Gasteiger partial charge in [-0.05, 0) is 26.0 Å². The van der Waals surface area contributed by atoms with Crippen molar-refractivity contribution in [3.05, 3.63) is 71.8 Å². The van der Waals surface area contributed by atoms with Gasteiger partial charge in [-0.25, -0.2) is 0 Å². The number of carbonyl (C=O) groups excluding carboxylic acids is 2. The van der Waals surface area contributed by atoms with E-state index in [1.54, 1.807) is 88.4 Å². The van der Waals surface area contributed by atoms with Gasteiger partial charge in [0.05, 0.1) is 5.56 Å². The summed E-state index contributed by atoms with van der Waals surface area (Å²) in [5, 5.41) is 15.9. The lowest BCUT2D eigenvalue weighted by Gasteiger charge is -2.16. The third kappa shape index (κ3) is 6.27. The highest BCUT2D eigenvalue weighted by molar-refractivity contribution is 6.50. The lowest BCUT2D eigenvalue weighted by atomic mass is 10.0. The van der Waals surface area contributed by atoms with Crippen molar-refractivity contribution in [2.75, 3.05) is 0 Å². The fourth-order valence-corrected chi connectivity index (χ4v) is 2.41. The van der Waals surface area contributed by atoms with E-state index in [-0.39, 0.29) is 5.71 Å². The smallest absolute Gasteiger partial charge is 0.593 e. The maximum absolute atomic E-state index is 13.3. The van der Waals surface area contributed by atoms with Crippen LogP contribution in [-0.2, 0) is 9.47 Å². The van der Waals surface area contributed by atoms with Gasteiger partial charge in [-0.1, -0.05) is 62.4 Å². The summed E-state index contributed by atoms with van der Waals surface area (Å²) < 4.78 is 10.9. The Kier molecular flexibility index (Phi) is 7.65. The van der Waals surface area contributed by atoms with Crippen LogP contribution in [0.15, 0.2) is 65.8 Å². The first-order valence-corrected chi connectivity index (χ1v) is 9.24. The molecule has 2 aromatic rings. The van der Waals surface area contributed by atoms with Gasteiger partial charge in [0.15, 0.2) is 0 Å². The molecule has 0 fully saturated rings. The van der Waals surface area contributed by atoms with Crippen molar-refractivity contribution in [1.82, 2.24) is 0 Å². The number of carbonyl (C=O) groups is 2. The molecule has 0 saturated heterocycles. The molecule has 0 atom stereocenters. The summed E-state index contributed by atoms with van der Waals surface area (Å²) >= 11 is 0. The molecule has 0 aliphatic rings. The Hall–Kier alpha value is -3.48. The molecular weight excluding hydrogens is 372 g/mol. The number of rotatable bonds is 6. The molecule has 0 radical (unpaired) electrons. The molecule has 2 aromatic carbocycles. The maximum atomic E-state index is 13.3. The van der Waals surface area contributed by atoms with E-state index in [1.807, 2.05) is 0 Å². The van der Waals surface area contributed by atoms with Crippen molar-refractivity contribution in [2.45, 2.75) is 39.9 Å². The SMILES string of the molecule is CC(C)OC(=O)/[N+](N=C([O-])OC(C)C)=C(/C(=O)c1ccccc1)c1ccccc1. The van der Waals surface area contributed by atoms with Crippen LogP contribution in [-0.4, -0.2) is 40.6 Å². The van der Waals surface area contributed by atoms with Crippen molar-refractivity contribution in [3.63, 3.8) is 0 Å². The van der Waals surface area contributed by atoms with Gasteiger partial charge in [-0.15, -0.1) is 0 Å². The summed E-state index contributed by atoms with van der Waals surface area (Å²) in [5.41, 5.74) is 0.632. The number of Topliss-reactive ketones (excluding diaryl/α,β-unsaturated/α-hetero) is 1. The van der Waals surface area contributed by atoms with E-state index in [2.05, 4.69) is 5.10 Å². The number of nitrogens with zero attached hydrogens (tertiary/aromatic N) is 2. The van der Waals surface area contributed by atoms with Crippen LogP contribution in [0.3, 0.4) is 0 Å². The molecule has 7 heteroatoms. The summed E-state index contributed by atoms with van der Waals surface area (Å²) in [4.78, 5) is 26.0. The van der Waals surface area contributed by atoms with Crippen molar-refractivity contribution in [1.29, 1.82) is 0 Å². The zero-order valence-electron chi connectivity index (χ0n) is 16.9. The highest BCUT2D eigenvalue weighted by Gasteiger charge is 2.35. The monoisotopic (exact) mass is 396 g/mol. The van der Waals surface area contributed by atoms with Crippen LogP contribution in [0.5, 0.6) is 0 Å². The Morgan fingerprint density at radius 1 is 0.828 bits per heavy atom. The van der Waals surface area contributed by atoms with Crippen LogP contribution >= 0.6 is 0 Å². The van der Waals surface area contributed by atoms with Crippen molar-refractivity contribution in [3.8, 4) is 0 Å². The van der Waals surface area contributed by atoms with E-state index in [4.69, 9.17) is 9.47 Å². The van der Waals surface area contributed by atoms with Gasteiger partial charge in [-0.2, -0.15) is 4.79 Å². The number of hydrazone groups is 1. The first kappa shape index (κ1) is 21.8. The molecule has 152 valence electrons. The molecule has 7 nitrogen and oxygen atoms in total. The van der Waals surface area contributed by atoms with Crippen molar-refractivity contribution >= 4 is 23.7 Å². The number of benzene rings is 2. The number of ether oxygens (including phenoxy) is 2. The summed E-state index contributed by atoms with van der Waals surface area (Å²) in [7, 11) is 0. The van der Waals surface area contributed by atoms with Gasteiger partial charge in [-0.3, -0.25) is 4.79 Å². The molecule has 29 heavy (non-hydrogen) atoms. The molecule has 0 aliphatic heterocycles. The lowest BCUT2D eigenvalue weighted by Crippen LogP contribution is -2.36. The third-order valence-corrected chi connectivity index (χ3v) is 3.54. The standard InChI is InChI=1S/C22H24N2O5/c1-15(2)28-21(26)23-24(22(27)29-16(3)4)19(17-11-7-5-8-12-17)20(25)18-13-9-6-10-14-18/h5-16H,1-4H3. The molecule has 0 heterocycles. The van der Waals surface area contributed by atoms with Crippen LogP contribution in [0.2, 0.25) is 0 Å². The van der Waals surface area contributed by atoms with E-state index in [9.17, 15) is 14.7 Å². The predicted octanol–water partition coefficient (Wildman–Crippen LogP) is 2.97. The van der Waals surface area contributed by atoms with Crippen LogP contribution in [0, 0.1) is 0 Å². The zero-order chi connectivity index (χ0) is 21.4. The average Bonchev–Trinajstić information content (AvgIpc) is 2.67. The topological polar surface area (TPSA) is 91.0 Å². The predicted molar refractivity (Wildman–Crippen MR) is 107 cm³/mol. The van der Waals surface area contributed by atoms with Gasteiger partial charge in [0.25, 0.3) is 5.78 Å². The highest BCUT2D eigenvalue weighted by atomic mass is 16.6. The fraction of sp³-hybridized carbons (Fsp3) is 0.273. The molecule has 0 unspecified atom stereocenters.